The largest absolute Gasteiger partial charge is 0.396 e. The second-order valence-corrected chi connectivity index (χ2v) is 14.5. The number of benzene rings is 1. The Kier molecular flexibility index (Phi) is 9.69. The summed E-state index contributed by atoms with van der Waals surface area (Å²) in [4.78, 5) is 31.9. The molecule has 3 aromatic rings. The van der Waals surface area contributed by atoms with Gasteiger partial charge in [-0.2, -0.15) is 0 Å². The van der Waals surface area contributed by atoms with Crippen LogP contribution in [0, 0.1) is 17.8 Å². The number of aldehydes is 1. The number of carbonyl (C=O) groups is 2. The Morgan fingerprint density at radius 1 is 1.24 bits per heavy atom. The molecule has 5 rings (SSSR count). The molecule has 9 nitrogen and oxygen atoms in total. The van der Waals surface area contributed by atoms with Gasteiger partial charge in [-0.05, 0) is 61.6 Å². The van der Waals surface area contributed by atoms with Crippen LogP contribution < -0.4 is 5.32 Å². The topological polar surface area (TPSA) is 113 Å². The van der Waals surface area contributed by atoms with Crippen molar-refractivity contribution in [2.75, 3.05) is 20.2 Å². The zero-order valence-corrected chi connectivity index (χ0v) is 26.9. The van der Waals surface area contributed by atoms with Crippen LogP contribution in [-0.4, -0.2) is 68.4 Å². The molecule has 1 saturated carbocycles. The van der Waals surface area contributed by atoms with Gasteiger partial charge >= 0.3 is 0 Å². The molecule has 0 spiro atoms. The van der Waals surface area contributed by atoms with Crippen molar-refractivity contribution in [3.63, 3.8) is 0 Å². The molecule has 2 atom stereocenters. The van der Waals surface area contributed by atoms with E-state index in [1.54, 1.807) is 20.9 Å². The molecule has 1 aromatic carbocycles. The highest BCUT2D eigenvalue weighted by Crippen LogP contribution is 2.54. The first-order valence-corrected chi connectivity index (χ1v) is 15.6. The molecular weight excluding hydrogens is 548 g/mol. The lowest BCUT2D eigenvalue weighted by molar-refractivity contribution is -0.141. The standard InChI is InChI=1S/C20H32N4O3.C12H14N2S/c1-18(2,3)16(17(27)23-8-6-7-14(23)10-25)24-9-15(21-22-24)20(5)11-19(4,12-20)13-26;1-9-12(15-8-14-9)11-5-3-10(4-6-11)7-13-2/h9-10,14,16,26H,6-8,11-13H2,1-5H3;3-6,8,13H,7H2,1-2H3. The molecule has 0 bridgehead atoms. The van der Waals surface area contributed by atoms with Crippen LogP contribution in [-0.2, 0) is 21.5 Å². The molecule has 2 aromatic heterocycles. The van der Waals surface area contributed by atoms with Crippen molar-refractivity contribution in [3.8, 4) is 10.4 Å². The number of hydrogen-bond acceptors (Lipinski definition) is 8. The molecule has 2 N–H and O–H groups in total. The molecule has 3 heterocycles. The van der Waals surface area contributed by atoms with Crippen molar-refractivity contribution < 1.29 is 14.7 Å². The number of amides is 1. The van der Waals surface area contributed by atoms with Gasteiger partial charge in [0.05, 0.1) is 27.8 Å². The van der Waals surface area contributed by atoms with Gasteiger partial charge in [-0.25, -0.2) is 9.67 Å². The number of aliphatic hydroxyl groups is 1. The number of aryl methyl sites for hydroxylation is 1. The van der Waals surface area contributed by atoms with E-state index in [1.165, 1.54) is 16.0 Å². The van der Waals surface area contributed by atoms with Crippen LogP contribution in [0.2, 0.25) is 0 Å². The number of likely N-dealkylation sites (tertiary alicyclic amines) is 1. The van der Waals surface area contributed by atoms with E-state index in [9.17, 15) is 14.7 Å². The van der Waals surface area contributed by atoms with Crippen molar-refractivity contribution in [2.45, 2.75) is 91.3 Å². The summed E-state index contributed by atoms with van der Waals surface area (Å²) in [7, 11) is 1.96. The number of thiazole rings is 1. The molecule has 1 aliphatic heterocycles. The summed E-state index contributed by atoms with van der Waals surface area (Å²) >= 11 is 1.70. The van der Waals surface area contributed by atoms with Gasteiger partial charge in [-0.1, -0.05) is 64.1 Å². The van der Waals surface area contributed by atoms with E-state index in [4.69, 9.17) is 0 Å². The number of nitrogens with zero attached hydrogens (tertiary/aromatic N) is 5. The summed E-state index contributed by atoms with van der Waals surface area (Å²) in [6, 6.07) is 7.79. The molecule has 2 fully saturated rings. The first kappa shape index (κ1) is 32.0. The first-order valence-electron chi connectivity index (χ1n) is 14.8. The van der Waals surface area contributed by atoms with Gasteiger partial charge in [0.2, 0.25) is 5.91 Å². The van der Waals surface area contributed by atoms with Gasteiger partial charge in [-0.3, -0.25) is 4.79 Å². The van der Waals surface area contributed by atoms with Crippen molar-refractivity contribution in [1.82, 2.24) is 30.2 Å². The maximum absolute atomic E-state index is 13.3. The first-order chi connectivity index (χ1) is 19.8. The zero-order valence-electron chi connectivity index (χ0n) is 26.1. The SMILES string of the molecule is CC1(CO)CC(C)(c2cn(C(C(=O)N3CCCC3C=O)C(C)(C)C)nn2)C1.CNCc1ccc(-c2scnc2C)cc1. The lowest BCUT2D eigenvalue weighted by Crippen LogP contribution is -2.48. The van der Waals surface area contributed by atoms with Crippen molar-refractivity contribution in [1.29, 1.82) is 0 Å². The Balaban J connectivity index is 0.000000227. The van der Waals surface area contributed by atoms with Crippen molar-refractivity contribution in [3.05, 3.63) is 52.9 Å². The molecule has 1 saturated heterocycles. The molecular formula is C32H46N6O3S. The molecule has 2 unspecified atom stereocenters. The molecule has 2 aliphatic rings. The van der Waals surface area contributed by atoms with Gasteiger partial charge in [0, 0.05) is 31.3 Å². The Morgan fingerprint density at radius 2 is 1.93 bits per heavy atom. The summed E-state index contributed by atoms with van der Waals surface area (Å²) in [5.74, 6) is -0.0625. The van der Waals surface area contributed by atoms with Gasteiger partial charge < -0.3 is 20.1 Å². The number of aromatic nitrogens is 4. The predicted octanol–water partition coefficient (Wildman–Crippen LogP) is 4.94. The van der Waals surface area contributed by atoms with Gasteiger partial charge in [0.1, 0.15) is 12.3 Å². The minimum atomic E-state index is -0.507. The third-order valence-electron chi connectivity index (χ3n) is 8.54. The van der Waals surface area contributed by atoms with Crippen molar-refractivity contribution in [2.24, 2.45) is 10.8 Å². The van der Waals surface area contributed by atoms with Crippen LogP contribution in [0.3, 0.4) is 0 Å². The maximum Gasteiger partial charge on any atom is 0.248 e. The molecule has 1 amide bonds. The van der Waals surface area contributed by atoms with Crippen LogP contribution in [0.4, 0.5) is 0 Å². The lowest BCUT2D eigenvalue weighted by Gasteiger charge is -2.51. The molecule has 1 aliphatic carbocycles. The smallest absolute Gasteiger partial charge is 0.248 e. The number of aliphatic hydroxyl groups excluding tert-OH is 1. The number of nitrogens with one attached hydrogen (secondary N) is 1. The lowest BCUT2D eigenvalue weighted by atomic mass is 9.53. The Bertz CT molecular complexity index is 1350. The van der Waals surface area contributed by atoms with E-state index in [-0.39, 0.29) is 34.8 Å². The van der Waals surface area contributed by atoms with Gasteiger partial charge in [0.15, 0.2) is 0 Å². The predicted molar refractivity (Wildman–Crippen MR) is 166 cm³/mol. The van der Waals surface area contributed by atoms with Crippen molar-refractivity contribution >= 4 is 23.5 Å². The van der Waals surface area contributed by atoms with Gasteiger partial charge in [-0.15, -0.1) is 16.4 Å². The van der Waals surface area contributed by atoms with E-state index in [0.717, 1.165) is 49.9 Å². The summed E-state index contributed by atoms with van der Waals surface area (Å²) in [6.45, 7) is 14.0. The maximum atomic E-state index is 13.3. The van der Waals surface area contributed by atoms with Crippen LogP contribution in [0.1, 0.15) is 83.3 Å². The minimum absolute atomic E-state index is 0.0625. The molecule has 10 heteroatoms. The Morgan fingerprint density at radius 3 is 2.48 bits per heavy atom. The quantitative estimate of drug-likeness (QED) is 0.355. The fourth-order valence-electron chi connectivity index (χ4n) is 6.61. The van der Waals surface area contributed by atoms with E-state index < -0.39 is 6.04 Å². The average molecular weight is 595 g/mol. The highest BCUT2D eigenvalue weighted by molar-refractivity contribution is 7.13. The second kappa shape index (κ2) is 12.7. The molecule has 0 radical (unpaired) electrons. The Hall–Kier alpha value is -2.95. The monoisotopic (exact) mass is 594 g/mol. The summed E-state index contributed by atoms with van der Waals surface area (Å²) in [5.41, 5.74) is 5.89. The third-order valence-corrected chi connectivity index (χ3v) is 9.52. The summed E-state index contributed by atoms with van der Waals surface area (Å²) < 4.78 is 1.68. The normalized spacial score (nSPS) is 24.5. The third kappa shape index (κ3) is 6.82. The fourth-order valence-corrected chi connectivity index (χ4v) is 7.42. The van der Waals surface area contributed by atoms with Crippen LogP contribution in [0.25, 0.3) is 10.4 Å². The van der Waals surface area contributed by atoms with Crippen LogP contribution in [0.15, 0.2) is 36.0 Å². The Labute approximate surface area is 253 Å². The number of rotatable bonds is 8. The van der Waals surface area contributed by atoms with Crippen LogP contribution >= 0.6 is 11.3 Å². The van der Waals surface area contributed by atoms with E-state index in [1.807, 2.05) is 46.5 Å². The average Bonchev–Trinajstić information content (AvgIpc) is 3.69. The minimum Gasteiger partial charge on any atom is -0.396 e. The number of carbonyl (C=O) groups excluding carboxylic acids is 2. The number of hydrogen-bond donors (Lipinski definition) is 2. The highest BCUT2D eigenvalue weighted by Gasteiger charge is 2.51. The molecule has 228 valence electrons. The summed E-state index contributed by atoms with van der Waals surface area (Å²) in [6.07, 6.45) is 6.05. The summed E-state index contributed by atoms with van der Waals surface area (Å²) in [5, 5.41) is 21.4. The van der Waals surface area contributed by atoms with E-state index in [0.29, 0.717) is 6.54 Å². The van der Waals surface area contributed by atoms with E-state index >= 15 is 0 Å². The van der Waals surface area contributed by atoms with Crippen LogP contribution in [0.5, 0.6) is 0 Å². The van der Waals surface area contributed by atoms with Gasteiger partial charge in [0.25, 0.3) is 0 Å². The fraction of sp³-hybridized carbons (Fsp3) is 0.594. The molecule has 42 heavy (non-hydrogen) atoms. The highest BCUT2D eigenvalue weighted by atomic mass is 32.1. The second-order valence-electron chi connectivity index (χ2n) is 13.6. The zero-order chi connectivity index (χ0) is 30.7. The van der Waals surface area contributed by atoms with E-state index in [2.05, 4.69) is 58.7 Å².